The molecule has 0 saturated heterocycles. The smallest absolute Gasteiger partial charge is 0.271 e. The van der Waals surface area contributed by atoms with Gasteiger partial charge in [0.05, 0.1) is 16.3 Å². The number of nitrogen functional groups attached to an aromatic ring is 1. The normalized spacial score (nSPS) is 22.8. The molecule has 16 heavy (non-hydrogen) atoms. The first-order valence-electron chi connectivity index (χ1n) is 5.42. The van der Waals surface area contributed by atoms with E-state index >= 15 is 0 Å². The average Bonchev–Trinajstić information content (AvgIpc) is 2.99. The molecule has 0 amide bonds. The minimum Gasteiger partial charge on any atom is -0.397 e. The molecular weight excluding hydrogens is 206 g/mol. The summed E-state index contributed by atoms with van der Waals surface area (Å²) < 4.78 is 0. The lowest BCUT2D eigenvalue weighted by molar-refractivity contribution is -0.384. The number of anilines is 2. The molecule has 0 bridgehead atoms. The standard InChI is InChI=1S/C11H15N3O2/c1-2-7-5-11(7)13-10-4-3-8(14(15)16)6-9(10)12/h3-4,6-7,11,13H,2,5,12H2,1H3. The number of nitro groups is 1. The molecule has 2 unspecified atom stereocenters. The molecule has 5 nitrogen and oxygen atoms in total. The van der Waals surface area contributed by atoms with Crippen LogP contribution in [0.5, 0.6) is 0 Å². The van der Waals surface area contributed by atoms with Gasteiger partial charge in [-0.1, -0.05) is 13.3 Å². The maximum absolute atomic E-state index is 10.5. The van der Waals surface area contributed by atoms with Crippen LogP contribution in [0.1, 0.15) is 19.8 Å². The molecule has 1 aromatic carbocycles. The quantitative estimate of drug-likeness (QED) is 0.464. The predicted octanol–water partition coefficient (Wildman–Crippen LogP) is 2.39. The number of nitrogens with zero attached hydrogens (tertiary/aromatic N) is 1. The number of non-ortho nitro benzene ring substituents is 1. The Hall–Kier alpha value is -1.78. The molecule has 1 fully saturated rings. The highest BCUT2D eigenvalue weighted by Crippen LogP contribution is 2.37. The van der Waals surface area contributed by atoms with Gasteiger partial charge in [0.15, 0.2) is 0 Å². The van der Waals surface area contributed by atoms with Crippen LogP contribution in [0.3, 0.4) is 0 Å². The van der Waals surface area contributed by atoms with Gasteiger partial charge in [-0.2, -0.15) is 0 Å². The van der Waals surface area contributed by atoms with Crippen LogP contribution in [0.2, 0.25) is 0 Å². The van der Waals surface area contributed by atoms with Crippen molar-refractivity contribution >= 4 is 17.1 Å². The average molecular weight is 221 g/mol. The van der Waals surface area contributed by atoms with Crippen molar-refractivity contribution in [2.45, 2.75) is 25.8 Å². The van der Waals surface area contributed by atoms with Crippen molar-refractivity contribution < 1.29 is 4.92 Å². The summed E-state index contributed by atoms with van der Waals surface area (Å²) in [5.41, 5.74) is 7.03. The Morgan fingerprint density at radius 2 is 2.38 bits per heavy atom. The Labute approximate surface area is 93.8 Å². The third kappa shape index (κ3) is 2.08. The Bertz CT molecular complexity index is 420. The molecule has 2 rings (SSSR count). The predicted molar refractivity (Wildman–Crippen MR) is 63.3 cm³/mol. The first kappa shape index (κ1) is 10.7. The van der Waals surface area contributed by atoms with E-state index in [-0.39, 0.29) is 5.69 Å². The zero-order valence-corrected chi connectivity index (χ0v) is 9.14. The minimum atomic E-state index is -0.438. The van der Waals surface area contributed by atoms with Gasteiger partial charge in [-0.25, -0.2) is 0 Å². The second-order valence-electron chi connectivity index (χ2n) is 4.18. The van der Waals surface area contributed by atoms with Crippen LogP contribution < -0.4 is 11.1 Å². The van der Waals surface area contributed by atoms with E-state index in [0.29, 0.717) is 11.7 Å². The van der Waals surface area contributed by atoms with Gasteiger partial charge in [0.1, 0.15) is 0 Å². The molecule has 3 N–H and O–H groups in total. The van der Waals surface area contributed by atoms with Gasteiger partial charge in [-0.15, -0.1) is 0 Å². The molecule has 86 valence electrons. The second kappa shape index (κ2) is 4.00. The van der Waals surface area contributed by atoms with Crippen LogP contribution in [-0.4, -0.2) is 11.0 Å². The van der Waals surface area contributed by atoms with E-state index in [1.54, 1.807) is 6.07 Å². The Morgan fingerprint density at radius 3 is 2.88 bits per heavy atom. The van der Waals surface area contributed by atoms with Gasteiger partial charge in [-0.05, 0) is 18.4 Å². The van der Waals surface area contributed by atoms with Gasteiger partial charge < -0.3 is 11.1 Å². The number of rotatable bonds is 4. The third-order valence-electron chi connectivity index (χ3n) is 3.03. The van der Waals surface area contributed by atoms with Crippen LogP contribution in [0.25, 0.3) is 0 Å². The number of nitrogens with two attached hydrogens (primary N) is 1. The van der Waals surface area contributed by atoms with Gasteiger partial charge in [-0.3, -0.25) is 10.1 Å². The number of nitro benzene ring substituents is 1. The summed E-state index contributed by atoms with van der Waals surface area (Å²) in [4.78, 5) is 10.1. The lowest BCUT2D eigenvalue weighted by atomic mass is 10.2. The minimum absolute atomic E-state index is 0.0332. The molecule has 1 aliphatic carbocycles. The molecule has 0 aromatic heterocycles. The van der Waals surface area contributed by atoms with Crippen LogP contribution in [-0.2, 0) is 0 Å². The highest BCUT2D eigenvalue weighted by Gasteiger charge is 2.35. The monoisotopic (exact) mass is 221 g/mol. The Balaban J connectivity index is 2.08. The number of hydrogen-bond donors (Lipinski definition) is 2. The molecule has 0 heterocycles. The summed E-state index contributed by atoms with van der Waals surface area (Å²) in [6, 6.07) is 5.03. The fraction of sp³-hybridized carbons (Fsp3) is 0.455. The fourth-order valence-corrected chi connectivity index (χ4v) is 1.87. The van der Waals surface area contributed by atoms with E-state index in [9.17, 15) is 10.1 Å². The summed E-state index contributed by atoms with van der Waals surface area (Å²) >= 11 is 0. The molecular formula is C11H15N3O2. The Morgan fingerprint density at radius 1 is 1.62 bits per heavy atom. The summed E-state index contributed by atoms with van der Waals surface area (Å²) in [5.74, 6) is 0.717. The molecule has 0 radical (unpaired) electrons. The van der Waals surface area contributed by atoms with E-state index in [4.69, 9.17) is 5.73 Å². The summed E-state index contributed by atoms with van der Waals surface area (Å²) in [6.07, 6.45) is 2.32. The number of nitrogens with one attached hydrogen (secondary N) is 1. The first-order valence-corrected chi connectivity index (χ1v) is 5.42. The number of hydrogen-bond acceptors (Lipinski definition) is 4. The summed E-state index contributed by atoms with van der Waals surface area (Å²) in [6.45, 7) is 2.16. The van der Waals surface area contributed by atoms with Crippen molar-refractivity contribution in [2.75, 3.05) is 11.1 Å². The van der Waals surface area contributed by atoms with Crippen molar-refractivity contribution in [2.24, 2.45) is 5.92 Å². The number of benzene rings is 1. The maximum Gasteiger partial charge on any atom is 0.271 e. The zero-order chi connectivity index (χ0) is 11.7. The van der Waals surface area contributed by atoms with Gasteiger partial charge >= 0.3 is 0 Å². The molecule has 1 aliphatic rings. The molecule has 0 aliphatic heterocycles. The van der Waals surface area contributed by atoms with Crippen molar-refractivity contribution in [1.82, 2.24) is 0 Å². The molecule has 0 spiro atoms. The van der Waals surface area contributed by atoms with Crippen molar-refractivity contribution in [3.05, 3.63) is 28.3 Å². The molecule has 2 atom stereocenters. The lowest BCUT2D eigenvalue weighted by Crippen LogP contribution is -2.06. The van der Waals surface area contributed by atoms with E-state index in [0.717, 1.165) is 24.4 Å². The zero-order valence-electron chi connectivity index (χ0n) is 9.14. The Kier molecular flexibility index (Phi) is 2.68. The van der Waals surface area contributed by atoms with Crippen LogP contribution in [0, 0.1) is 16.0 Å². The van der Waals surface area contributed by atoms with E-state index in [1.807, 2.05) is 0 Å². The highest BCUT2D eigenvalue weighted by atomic mass is 16.6. The topological polar surface area (TPSA) is 81.2 Å². The molecule has 5 heteroatoms. The third-order valence-corrected chi connectivity index (χ3v) is 3.03. The van der Waals surface area contributed by atoms with Crippen molar-refractivity contribution in [3.8, 4) is 0 Å². The van der Waals surface area contributed by atoms with Gasteiger partial charge in [0.25, 0.3) is 5.69 Å². The second-order valence-corrected chi connectivity index (χ2v) is 4.18. The van der Waals surface area contributed by atoms with Gasteiger partial charge in [0, 0.05) is 18.2 Å². The van der Waals surface area contributed by atoms with E-state index < -0.39 is 4.92 Å². The van der Waals surface area contributed by atoms with Crippen molar-refractivity contribution in [1.29, 1.82) is 0 Å². The molecule has 1 saturated carbocycles. The maximum atomic E-state index is 10.5. The fourth-order valence-electron chi connectivity index (χ4n) is 1.87. The first-order chi connectivity index (χ1) is 7.61. The van der Waals surface area contributed by atoms with Crippen LogP contribution in [0.4, 0.5) is 17.1 Å². The largest absolute Gasteiger partial charge is 0.397 e. The SMILES string of the molecule is CCC1CC1Nc1ccc([N+](=O)[O-])cc1N. The highest BCUT2D eigenvalue weighted by molar-refractivity contribution is 5.70. The summed E-state index contributed by atoms with van der Waals surface area (Å²) in [7, 11) is 0. The van der Waals surface area contributed by atoms with Crippen LogP contribution in [0.15, 0.2) is 18.2 Å². The molecule has 1 aromatic rings. The van der Waals surface area contributed by atoms with Gasteiger partial charge in [0.2, 0.25) is 0 Å². The van der Waals surface area contributed by atoms with E-state index in [2.05, 4.69) is 12.2 Å². The summed E-state index contributed by atoms with van der Waals surface area (Å²) in [5, 5.41) is 13.8. The lowest BCUT2D eigenvalue weighted by Gasteiger charge is -2.08. The van der Waals surface area contributed by atoms with E-state index in [1.165, 1.54) is 12.1 Å². The van der Waals surface area contributed by atoms with Crippen molar-refractivity contribution in [3.63, 3.8) is 0 Å². The van der Waals surface area contributed by atoms with Crippen LogP contribution >= 0.6 is 0 Å².